The van der Waals surface area contributed by atoms with Crippen LogP contribution >= 0.6 is 0 Å². The molecule has 3 N–H and O–H groups in total. The maximum absolute atomic E-state index is 12.2. The molecule has 0 fully saturated rings. The van der Waals surface area contributed by atoms with Crippen molar-refractivity contribution < 1.29 is 9.32 Å². The van der Waals surface area contributed by atoms with Crippen molar-refractivity contribution in [2.45, 2.75) is 33.7 Å². The van der Waals surface area contributed by atoms with E-state index in [0.29, 0.717) is 11.3 Å². The lowest BCUT2D eigenvalue weighted by Crippen LogP contribution is -2.27. The van der Waals surface area contributed by atoms with Crippen molar-refractivity contribution in [2.24, 2.45) is 0 Å². The summed E-state index contributed by atoms with van der Waals surface area (Å²) in [6.45, 7) is 7.49. The van der Waals surface area contributed by atoms with Gasteiger partial charge in [0.05, 0.1) is 11.7 Å². The van der Waals surface area contributed by atoms with Gasteiger partial charge in [-0.25, -0.2) is 0 Å². The molecule has 1 heterocycles. The lowest BCUT2D eigenvalue weighted by Gasteiger charge is -2.14. The van der Waals surface area contributed by atoms with Crippen LogP contribution < -0.4 is 11.1 Å². The summed E-state index contributed by atoms with van der Waals surface area (Å²) in [7, 11) is 0. The average Bonchev–Trinajstić information content (AvgIpc) is 2.72. The van der Waals surface area contributed by atoms with Crippen molar-refractivity contribution >= 4 is 11.6 Å². The van der Waals surface area contributed by atoms with Gasteiger partial charge in [0.15, 0.2) is 0 Å². The maximum Gasteiger partial charge on any atom is 0.251 e. The van der Waals surface area contributed by atoms with E-state index in [4.69, 9.17) is 10.3 Å². The molecule has 0 radical (unpaired) electrons. The van der Waals surface area contributed by atoms with E-state index in [9.17, 15) is 4.79 Å². The Morgan fingerprint density at radius 2 is 2.05 bits per heavy atom. The summed E-state index contributed by atoms with van der Waals surface area (Å²) >= 11 is 0. The van der Waals surface area contributed by atoms with E-state index in [-0.39, 0.29) is 11.9 Å². The minimum Gasteiger partial charge on any atom is -0.399 e. The molecule has 0 aliphatic rings. The van der Waals surface area contributed by atoms with Crippen LogP contribution in [0.1, 0.15) is 45.9 Å². The fourth-order valence-corrected chi connectivity index (χ4v) is 2.28. The second kappa shape index (κ2) is 5.36. The van der Waals surface area contributed by atoms with Gasteiger partial charge in [0.1, 0.15) is 5.76 Å². The molecule has 20 heavy (non-hydrogen) atoms. The molecular weight excluding hydrogens is 254 g/mol. The Morgan fingerprint density at radius 3 is 2.60 bits per heavy atom. The van der Waals surface area contributed by atoms with E-state index < -0.39 is 0 Å². The number of aryl methyl sites for hydroxylation is 3. The number of anilines is 1. The zero-order valence-corrected chi connectivity index (χ0v) is 12.2. The normalized spacial score (nSPS) is 12.2. The Hall–Kier alpha value is -2.30. The summed E-state index contributed by atoms with van der Waals surface area (Å²) in [5, 5.41) is 6.85. The van der Waals surface area contributed by atoms with Gasteiger partial charge in [0.25, 0.3) is 5.91 Å². The first kappa shape index (κ1) is 14.1. The number of amides is 1. The number of aromatic nitrogens is 1. The molecule has 2 rings (SSSR count). The van der Waals surface area contributed by atoms with Crippen LogP contribution in [0.25, 0.3) is 0 Å². The number of rotatable bonds is 3. The van der Waals surface area contributed by atoms with Gasteiger partial charge in [-0.2, -0.15) is 0 Å². The highest BCUT2D eigenvalue weighted by molar-refractivity contribution is 5.95. The van der Waals surface area contributed by atoms with E-state index in [1.54, 1.807) is 18.2 Å². The molecule has 1 unspecified atom stereocenters. The Bertz CT molecular complexity index is 627. The molecule has 0 aliphatic carbocycles. The number of hydrogen-bond acceptors (Lipinski definition) is 4. The van der Waals surface area contributed by atoms with Crippen LogP contribution in [0.5, 0.6) is 0 Å². The summed E-state index contributed by atoms with van der Waals surface area (Å²) in [5.41, 5.74) is 9.64. The third-order valence-corrected chi connectivity index (χ3v) is 3.40. The van der Waals surface area contributed by atoms with Crippen LogP contribution in [-0.2, 0) is 0 Å². The lowest BCUT2D eigenvalue weighted by molar-refractivity contribution is 0.0939. The number of carbonyl (C=O) groups excluding carboxylic acids is 1. The third-order valence-electron chi connectivity index (χ3n) is 3.40. The summed E-state index contributed by atoms with van der Waals surface area (Å²) in [4.78, 5) is 12.2. The minimum atomic E-state index is -0.161. The molecule has 5 nitrogen and oxygen atoms in total. The first-order valence-corrected chi connectivity index (χ1v) is 6.50. The first-order valence-electron chi connectivity index (χ1n) is 6.50. The molecule has 106 valence electrons. The third kappa shape index (κ3) is 2.66. The first-order chi connectivity index (χ1) is 9.40. The van der Waals surface area contributed by atoms with E-state index in [2.05, 4.69) is 10.5 Å². The van der Waals surface area contributed by atoms with Crippen molar-refractivity contribution in [3.8, 4) is 0 Å². The van der Waals surface area contributed by atoms with Crippen LogP contribution in [-0.4, -0.2) is 11.1 Å². The van der Waals surface area contributed by atoms with E-state index >= 15 is 0 Å². The van der Waals surface area contributed by atoms with Crippen LogP contribution in [0.2, 0.25) is 0 Å². The van der Waals surface area contributed by atoms with E-state index in [1.165, 1.54) is 0 Å². The highest BCUT2D eigenvalue weighted by Crippen LogP contribution is 2.21. The fourth-order valence-electron chi connectivity index (χ4n) is 2.28. The van der Waals surface area contributed by atoms with Crippen LogP contribution in [0.15, 0.2) is 22.7 Å². The second-order valence-corrected chi connectivity index (χ2v) is 5.00. The highest BCUT2D eigenvalue weighted by Gasteiger charge is 2.19. The number of hydrogen-bond donors (Lipinski definition) is 2. The van der Waals surface area contributed by atoms with E-state index in [0.717, 1.165) is 22.6 Å². The van der Waals surface area contributed by atoms with Crippen LogP contribution in [0.4, 0.5) is 5.69 Å². The van der Waals surface area contributed by atoms with Gasteiger partial charge >= 0.3 is 0 Å². The van der Waals surface area contributed by atoms with Gasteiger partial charge in [-0.05, 0) is 51.5 Å². The zero-order chi connectivity index (χ0) is 14.9. The Labute approximate surface area is 118 Å². The van der Waals surface area contributed by atoms with Gasteiger partial charge in [-0.15, -0.1) is 0 Å². The molecule has 1 aromatic heterocycles. The number of nitrogens with zero attached hydrogens (tertiary/aromatic N) is 1. The number of nitrogens with one attached hydrogen (secondary N) is 1. The van der Waals surface area contributed by atoms with Gasteiger partial charge in [-0.1, -0.05) is 5.16 Å². The predicted octanol–water partition coefficient (Wildman–Crippen LogP) is 2.67. The Morgan fingerprint density at radius 1 is 1.35 bits per heavy atom. The monoisotopic (exact) mass is 273 g/mol. The maximum atomic E-state index is 12.2. The second-order valence-electron chi connectivity index (χ2n) is 5.00. The standard InChI is InChI=1S/C15H19N3O2/c1-8-7-12(5-6-13(8)16)15(19)17-9(2)14-10(3)18-20-11(14)4/h5-7,9H,16H2,1-4H3,(H,17,19). The zero-order valence-electron chi connectivity index (χ0n) is 12.2. The van der Waals surface area contributed by atoms with E-state index in [1.807, 2.05) is 27.7 Å². The lowest BCUT2D eigenvalue weighted by atomic mass is 10.1. The molecule has 1 aromatic carbocycles. The molecule has 0 saturated heterocycles. The Kier molecular flexibility index (Phi) is 3.79. The summed E-state index contributed by atoms with van der Waals surface area (Å²) in [6.07, 6.45) is 0. The molecule has 0 spiro atoms. The molecule has 0 aliphatic heterocycles. The highest BCUT2D eigenvalue weighted by atomic mass is 16.5. The molecule has 0 saturated carbocycles. The summed E-state index contributed by atoms with van der Waals surface area (Å²) in [6, 6.07) is 5.08. The molecular formula is C15H19N3O2. The number of carbonyl (C=O) groups is 1. The van der Waals surface area contributed by atoms with Gasteiger partial charge < -0.3 is 15.6 Å². The number of nitrogens with two attached hydrogens (primary N) is 1. The van der Waals surface area contributed by atoms with Crippen LogP contribution in [0, 0.1) is 20.8 Å². The number of benzene rings is 1. The minimum absolute atomic E-state index is 0.138. The smallest absolute Gasteiger partial charge is 0.251 e. The molecule has 1 atom stereocenters. The topological polar surface area (TPSA) is 81.2 Å². The fraction of sp³-hybridized carbons (Fsp3) is 0.333. The Balaban J connectivity index is 2.17. The molecule has 1 amide bonds. The predicted molar refractivity (Wildman–Crippen MR) is 77.4 cm³/mol. The van der Waals surface area contributed by atoms with Gasteiger partial charge in [-0.3, -0.25) is 4.79 Å². The van der Waals surface area contributed by atoms with Crippen molar-refractivity contribution in [1.82, 2.24) is 10.5 Å². The van der Waals surface area contributed by atoms with Gasteiger partial charge in [0.2, 0.25) is 0 Å². The van der Waals surface area contributed by atoms with Crippen molar-refractivity contribution in [1.29, 1.82) is 0 Å². The average molecular weight is 273 g/mol. The molecule has 5 heteroatoms. The van der Waals surface area contributed by atoms with Crippen LogP contribution in [0.3, 0.4) is 0 Å². The van der Waals surface area contributed by atoms with Crippen molar-refractivity contribution in [3.05, 3.63) is 46.3 Å². The number of nitrogen functional groups attached to an aromatic ring is 1. The van der Waals surface area contributed by atoms with Crippen molar-refractivity contribution in [3.63, 3.8) is 0 Å². The molecule has 0 bridgehead atoms. The summed E-state index contributed by atoms with van der Waals surface area (Å²) < 4.78 is 5.12. The van der Waals surface area contributed by atoms with Gasteiger partial charge in [0, 0.05) is 16.8 Å². The van der Waals surface area contributed by atoms with Crippen molar-refractivity contribution in [2.75, 3.05) is 5.73 Å². The molecule has 2 aromatic rings. The SMILES string of the molecule is Cc1cc(C(=O)NC(C)c2c(C)noc2C)ccc1N. The summed E-state index contributed by atoms with van der Waals surface area (Å²) in [5.74, 6) is 0.587. The largest absolute Gasteiger partial charge is 0.399 e. The quantitative estimate of drug-likeness (QED) is 0.842.